The molecule has 3 heteroatoms. The van der Waals surface area contributed by atoms with E-state index in [2.05, 4.69) is 39.7 Å². The van der Waals surface area contributed by atoms with Crippen LogP contribution in [0.5, 0.6) is 0 Å². The first-order chi connectivity index (χ1) is 7.27. The molecule has 0 N–H and O–H groups in total. The van der Waals surface area contributed by atoms with E-state index in [4.69, 9.17) is 4.74 Å². The molecule has 1 aromatic rings. The Labute approximate surface area is 104 Å². The van der Waals surface area contributed by atoms with Gasteiger partial charge in [-0.15, -0.1) is 0 Å². The highest BCUT2D eigenvalue weighted by Crippen LogP contribution is 2.31. The van der Waals surface area contributed by atoms with Crippen molar-refractivity contribution in [3.05, 3.63) is 22.4 Å². The summed E-state index contributed by atoms with van der Waals surface area (Å²) in [5, 5.41) is 4.40. The summed E-state index contributed by atoms with van der Waals surface area (Å²) in [6, 6.07) is 2.23. The van der Waals surface area contributed by atoms with Crippen molar-refractivity contribution in [3.8, 4) is 0 Å². The molecule has 0 saturated carbocycles. The molecule has 3 atom stereocenters. The fourth-order valence-corrected chi connectivity index (χ4v) is 4.06. The fourth-order valence-electron chi connectivity index (χ4n) is 2.22. The van der Waals surface area contributed by atoms with Crippen LogP contribution >= 0.6 is 27.3 Å². The van der Waals surface area contributed by atoms with E-state index >= 15 is 0 Å². The summed E-state index contributed by atoms with van der Waals surface area (Å²) in [6.07, 6.45) is 2.35. The third-order valence-corrected chi connectivity index (χ3v) is 4.92. The lowest BCUT2D eigenvalue weighted by Crippen LogP contribution is -2.32. The third kappa shape index (κ3) is 3.05. The summed E-state index contributed by atoms with van der Waals surface area (Å²) < 4.78 is 5.48. The number of alkyl halides is 1. The fraction of sp³-hybridized carbons (Fsp3) is 0.667. The van der Waals surface area contributed by atoms with E-state index in [0.29, 0.717) is 10.7 Å². The van der Waals surface area contributed by atoms with Crippen LogP contribution in [0.1, 0.15) is 18.9 Å². The van der Waals surface area contributed by atoms with Gasteiger partial charge < -0.3 is 4.74 Å². The Kier molecular flexibility index (Phi) is 4.23. The molecule has 0 spiro atoms. The van der Waals surface area contributed by atoms with Crippen LogP contribution in [0.4, 0.5) is 0 Å². The molecule has 0 amide bonds. The zero-order chi connectivity index (χ0) is 10.7. The van der Waals surface area contributed by atoms with Crippen molar-refractivity contribution in [1.29, 1.82) is 0 Å². The van der Waals surface area contributed by atoms with E-state index in [1.54, 1.807) is 11.3 Å². The minimum atomic E-state index is 0.603. The van der Waals surface area contributed by atoms with Gasteiger partial charge in [0, 0.05) is 18.0 Å². The molecular formula is C12H17BrOS. The Morgan fingerprint density at radius 3 is 3.20 bits per heavy atom. The van der Waals surface area contributed by atoms with Crippen molar-refractivity contribution in [1.82, 2.24) is 0 Å². The minimum absolute atomic E-state index is 0.603. The molecule has 2 heterocycles. The topological polar surface area (TPSA) is 9.23 Å². The summed E-state index contributed by atoms with van der Waals surface area (Å²) >= 11 is 5.63. The van der Waals surface area contributed by atoms with Crippen LogP contribution in [0.25, 0.3) is 0 Å². The quantitative estimate of drug-likeness (QED) is 0.770. The lowest BCUT2D eigenvalue weighted by atomic mass is 9.85. The Morgan fingerprint density at radius 2 is 2.53 bits per heavy atom. The number of hydrogen-bond donors (Lipinski definition) is 0. The summed E-state index contributed by atoms with van der Waals surface area (Å²) in [5.74, 6) is 1.44. The lowest BCUT2D eigenvalue weighted by molar-refractivity contribution is 0.0243. The highest BCUT2D eigenvalue weighted by molar-refractivity contribution is 9.09. The molecule has 0 radical (unpaired) electrons. The predicted molar refractivity (Wildman–Crippen MR) is 68.8 cm³/mol. The molecule has 1 aliphatic rings. The number of thiophene rings is 1. The normalized spacial score (nSPS) is 28.9. The first-order valence-corrected chi connectivity index (χ1v) is 7.36. The molecule has 1 nitrogen and oxygen atoms in total. The van der Waals surface area contributed by atoms with Crippen molar-refractivity contribution >= 4 is 27.3 Å². The zero-order valence-corrected chi connectivity index (χ0v) is 11.4. The van der Waals surface area contributed by atoms with Crippen LogP contribution in [0, 0.1) is 11.8 Å². The van der Waals surface area contributed by atoms with Crippen LogP contribution in [0.3, 0.4) is 0 Å². The van der Waals surface area contributed by atoms with Crippen molar-refractivity contribution in [2.45, 2.75) is 24.6 Å². The zero-order valence-electron chi connectivity index (χ0n) is 8.99. The Morgan fingerprint density at radius 1 is 1.67 bits per heavy atom. The van der Waals surface area contributed by atoms with Crippen LogP contribution in [0.15, 0.2) is 16.8 Å². The molecule has 15 heavy (non-hydrogen) atoms. The van der Waals surface area contributed by atoms with Gasteiger partial charge in [0.15, 0.2) is 0 Å². The maximum atomic E-state index is 5.48. The van der Waals surface area contributed by atoms with E-state index in [1.165, 1.54) is 12.0 Å². The van der Waals surface area contributed by atoms with Gasteiger partial charge in [-0.1, -0.05) is 22.9 Å². The summed E-state index contributed by atoms with van der Waals surface area (Å²) in [7, 11) is 0. The molecule has 3 unspecified atom stereocenters. The van der Waals surface area contributed by atoms with Crippen LogP contribution < -0.4 is 0 Å². The SMILES string of the molecule is CC1COCCC1C(Br)Cc1ccsc1. The second-order valence-electron chi connectivity index (χ2n) is 4.36. The first kappa shape index (κ1) is 11.6. The van der Waals surface area contributed by atoms with Crippen LogP contribution in [0.2, 0.25) is 0 Å². The van der Waals surface area contributed by atoms with Gasteiger partial charge in [0.25, 0.3) is 0 Å². The molecule has 0 aromatic carbocycles. The minimum Gasteiger partial charge on any atom is -0.381 e. The largest absolute Gasteiger partial charge is 0.381 e. The molecule has 1 aromatic heterocycles. The smallest absolute Gasteiger partial charge is 0.0494 e. The van der Waals surface area contributed by atoms with Crippen molar-refractivity contribution < 1.29 is 4.74 Å². The molecule has 84 valence electrons. The Bertz CT molecular complexity index is 286. The van der Waals surface area contributed by atoms with E-state index in [-0.39, 0.29) is 0 Å². The van der Waals surface area contributed by atoms with Crippen molar-refractivity contribution in [2.24, 2.45) is 11.8 Å². The summed E-state index contributed by atoms with van der Waals surface area (Å²) in [5.41, 5.74) is 1.46. The van der Waals surface area contributed by atoms with Gasteiger partial charge in [-0.3, -0.25) is 0 Å². The average molecular weight is 289 g/mol. The van der Waals surface area contributed by atoms with Gasteiger partial charge >= 0.3 is 0 Å². The van der Waals surface area contributed by atoms with E-state index in [1.807, 2.05) is 0 Å². The second kappa shape index (κ2) is 5.46. The lowest BCUT2D eigenvalue weighted by Gasteiger charge is -2.32. The second-order valence-corrected chi connectivity index (χ2v) is 6.31. The van der Waals surface area contributed by atoms with Gasteiger partial charge in [0.05, 0.1) is 0 Å². The highest BCUT2D eigenvalue weighted by atomic mass is 79.9. The van der Waals surface area contributed by atoms with Gasteiger partial charge in [0.1, 0.15) is 0 Å². The molecule has 2 rings (SSSR count). The van der Waals surface area contributed by atoms with Crippen LogP contribution in [-0.2, 0) is 11.2 Å². The van der Waals surface area contributed by atoms with Gasteiger partial charge in [0.2, 0.25) is 0 Å². The van der Waals surface area contributed by atoms with Gasteiger partial charge in [-0.2, -0.15) is 11.3 Å². The number of halogens is 1. The molecule has 1 fully saturated rings. The van der Waals surface area contributed by atoms with Gasteiger partial charge in [-0.25, -0.2) is 0 Å². The van der Waals surface area contributed by atoms with E-state index in [0.717, 1.165) is 25.6 Å². The first-order valence-electron chi connectivity index (χ1n) is 5.50. The van der Waals surface area contributed by atoms with Gasteiger partial charge in [-0.05, 0) is 47.1 Å². The molecule has 1 saturated heterocycles. The van der Waals surface area contributed by atoms with Crippen LogP contribution in [-0.4, -0.2) is 18.0 Å². The van der Waals surface area contributed by atoms with E-state index in [9.17, 15) is 0 Å². The van der Waals surface area contributed by atoms with E-state index < -0.39 is 0 Å². The summed E-state index contributed by atoms with van der Waals surface area (Å²) in [4.78, 5) is 0.603. The maximum absolute atomic E-state index is 5.48. The Hall–Kier alpha value is 0.140. The standard InChI is InChI=1S/C12H17BrOS/c1-9-7-14-4-2-11(9)12(13)6-10-3-5-15-8-10/h3,5,8-9,11-12H,2,4,6-7H2,1H3. The molecule has 0 aliphatic carbocycles. The number of ether oxygens (including phenoxy) is 1. The number of rotatable bonds is 3. The summed E-state index contributed by atoms with van der Waals surface area (Å²) in [6.45, 7) is 4.16. The van der Waals surface area contributed by atoms with Crippen molar-refractivity contribution in [2.75, 3.05) is 13.2 Å². The van der Waals surface area contributed by atoms with Crippen molar-refractivity contribution in [3.63, 3.8) is 0 Å². The number of hydrogen-bond acceptors (Lipinski definition) is 2. The molecule has 0 bridgehead atoms. The Balaban J connectivity index is 1.91. The highest BCUT2D eigenvalue weighted by Gasteiger charge is 2.28. The third-order valence-electron chi connectivity index (χ3n) is 3.18. The predicted octanol–water partition coefficient (Wildman–Crippen LogP) is 3.73. The average Bonchev–Trinajstić information content (AvgIpc) is 2.71. The monoisotopic (exact) mass is 288 g/mol. The maximum Gasteiger partial charge on any atom is 0.0494 e. The molecular weight excluding hydrogens is 272 g/mol. The molecule has 1 aliphatic heterocycles.